The molecule has 1 aliphatic rings. The van der Waals surface area contributed by atoms with E-state index >= 15 is 0 Å². The van der Waals surface area contributed by atoms with E-state index < -0.39 is 0 Å². The largest absolute Gasteiger partial charge is 0.380 e. The lowest BCUT2D eigenvalue weighted by molar-refractivity contribution is 0.184. The maximum Gasteiger partial charge on any atom is 0.128 e. The molecule has 1 aliphatic heterocycles. The van der Waals surface area contributed by atoms with E-state index in [1.54, 1.807) is 13.2 Å². The Hall–Kier alpha value is -0.930. The van der Waals surface area contributed by atoms with Crippen LogP contribution in [-0.2, 0) is 16.9 Å². The maximum absolute atomic E-state index is 13.8. The summed E-state index contributed by atoms with van der Waals surface area (Å²) in [7, 11) is 1.65. The van der Waals surface area contributed by atoms with Gasteiger partial charge in [-0.15, -0.1) is 0 Å². The van der Waals surface area contributed by atoms with Crippen molar-refractivity contribution in [1.82, 2.24) is 5.32 Å². The second-order valence-corrected chi connectivity index (χ2v) is 4.61. The van der Waals surface area contributed by atoms with Gasteiger partial charge in [0.15, 0.2) is 0 Å². The van der Waals surface area contributed by atoms with Gasteiger partial charge < -0.3 is 10.1 Å². The summed E-state index contributed by atoms with van der Waals surface area (Å²) in [5.74, 6) is -0.128. The minimum absolute atomic E-state index is 0.128. The van der Waals surface area contributed by atoms with Gasteiger partial charge in [-0.2, -0.15) is 0 Å². The predicted molar refractivity (Wildman–Crippen MR) is 61.7 cm³/mol. The number of hydrogen-bond acceptors (Lipinski definition) is 2. The average Bonchev–Trinajstić information content (AvgIpc) is 2.69. The minimum atomic E-state index is -0.214. The third-order valence-corrected chi connectivity index (χ3v) is 3.30. The molecule has 0 saturated carbocycles. The van der Waals surface area contributed by atoms with Crippen LogP contribution >= 0.6 is 0 Å². The minimum Gasteiger partial charge on any atom is -0.380 e. The lowest BCUT2D eigenvalue weighted by Gasteiger charge is -2.26. The summed E-state index contributed by atoms with van der Waals surface area (Å²) in [6, 6.07) is 5.23. The highest BCUT2D eigenvalue weighted by molar-refractivity contribution is 5.31. The van der Waals surface area contributed by atoms with E-state index in [1.807, 2.05) is 6.07 Å². The molecule has 3 heteroatoms. The Morgan fingerprint density at radius 2 is 2.31 bits per heavy atom. The van der Waals surface area contributed by atoms with Crippen LogP contribution in [0.1, 0.15) is 30.9 Å². The highest BCUT2D eigenvalue weighted by Gasteiger charge is 2.32. The van der Waals surface area contributed by atoms with Crippen LogP contribution in [0.2, 0.25) is 0 Å². The molecule has 2 nitrogen and oxygen atoms in total. The monoisotopic (exact) mass is 223 g/mol. The molecule has 1 unspecified atom stereocenters. The number of halogens is 1. The second kappa shape index (κ2) is 4.52. The summed E-state index contributed by atoms with van der Waals surface area (Å²) in [4.78, 5) is 0. The topological polar surface area (TPSA) is 21.3 Å². The van der Waals surface area contributed by atoms with Gasteiger partial charge in [-0.05, 0) is 44.0 Å². The van der Waals surface area contributed by atoms with Gasteiger partial charge in [0.1, 0.15) is 5.82 Å². The fourth-order valence-electron chi connectivity index (χ4n) is 2.38. The van der Waals surface area contributed by atoms with Crippen molar-refractivity contribution < 1.29 is 9.13 Å². The van der Waals surface area contributed by atoms with Crippen LogP contribution in [0.15, 0.2) is 18.2 Å². The van der Waals surface area contributed by atoms with Gasteiger partial charge in [-0.3, -0.25) is 0 Å². The van der Waals surface area contributed by atoms with E-state index in [4.69, 9.17) is 4.74 Å². The van der Waals surface area contributed by atoms with Crippen LogP contribution in [0, 0.1) is 5.82 Å². The molecule has 0 bridgehead atoms. The quantitative estimate of drug-likeness (QED) is 0.850. The molecule has 1 aromatic rings. The van der Waals surface area contributed by atoms with Crippen molar-refractivity contribution >= 4 is 0 Å². The molecule has 1 N–H and O–H groups in total. The molecule has 1 heterocycles. The van der Waals surface area contributed by atoms with Gasteiger partial charge in [0.25, 0.3) is 0 Å². The molecule has 0 amide bonds. The lowest BCUT2D eigenvalue weighted by Crippen LogP contribution is -2.34. The zero-order chi connectivity index (χ0) is 11.6. The summed E-state index contributed by atoms with van der Waals surface area (Å²) in [6.07, 6.45) is 2.09. The highest BCUT2D eigenvalue weighted by atomic mass is 19.1. The Balaban J connectivity index is 2.34. The van der Waals surface area contributed by atoms with E-state index in [0.29, 0.717) is 6.61 Å². The predicted octanol–water partition coefficient (Wildman–Crippen LogP) is 2.57. The zero-order valence-electron chi connectivity index (χ0n) is 9.85. The first kappa shape index (κ1) is 11.6. The SMILES string of the molecule is COCc1ccc(F)c(C2(C)CCCN2)c1. The molecule has 16 heavy (non-hydrogen) atoms. The first-order chi connectivity index (χ1) is 7.65. The van der Waals surface area contributed by atoms with Crippen LogP contribution < -0.4 is 5.32 Å². The van der Waals surface area contributed by atoms with Crippen molar-refractivity contribution in [2.45, 2.75) is 31.9 Å². The molecule has 1 atom stereocenters. The maximum atomic E-state index is 13.8. The van der Waals surface area contributed by atoms with Crippen LogP contribution in [0.4, 0.5) is 4.39 Å². The first-order valence-electron chi connectivity index (χ1n) is 5.68. The lowest BCUT2D eigenvalue weighted by atomic mass is 9.89. The van der Waals surface area contributed by atoms with Gasteiger partial charge in [-0.25, -0.2) is 4.39 Å². The van der Waals surface area contributed by atoms with Gasteiger partial charge >= 0.3 is 0 Å². The second-order valence-electron chi connectivity index (χ2n) is 4.61. The van der Waals surface area contributed by atoms with Gasteiger partial charge in [0.2, 0.25) is 0 Å². The van der Waals surface area contributed by atoms with E-state index in [0.717, 1.165) is 30.5 Å². The number of nitrogens with one attached hydrogen (secondary N) is 1. The number of hydrogen-bond donors (Lipinski definition) is 1. The van der Waals surface area contributed by atoms with Crippen LogP contribution in [0.25, 0.3) is 0 Å². The summed E-state index contributed by atoms with van der Waals surface area (Å²) in [5, 5.41) is 3.38. The normalized spacial score (nSPS) is 24.9. The number of methoxy groups -OCH3 is 1. The molecule has 0 aromatic heterocycles. The number of ether oxygens (including phenoxy) is 1. The molecular weight excluding hydrogens is 205 g/mol. The Morgan fingerprint density at radius 3 is 2.94 bits per heavy atom. The molecule has 0 radical (unpaired) electrons. The third kappa shape index (κ3) is 2.11. The number of rotatable bonds is 3. The van der Waals surface area contributed by atoms with Crippen molar-refractivity contribution in [3.63, 3.8) is 0 Å². The van der Waals surface area contributed by atoms with Crippen molar-refractivity contribution in [1.29, 1.82) is 0 Å². The molecular formula is C13H18FNO. The molecule has 2 rings (SSSR count). The van der Waals surface area contributed by atoms with E-state index in [-0.39, 0.29) is 11.4 Å². The molecule has 1 fully saturated rings. The van der Waals surface area contributed by atoms with E-state index in [9.17, 15) is 4.39 Å². The van der Waals surface area contributed by atoms with Gasteiger partial charge in [0, 0.05) is 18.2 Å². The smallest absolute Gasteiger partial charge is 0.128 e. The summed E-state index contributed by atoms with van der Waals surface area (Å²) >= 11 is 0. The summed E-state index contributed by atoms with van der Waals surface area (Å²) in [5.41, 5.74) is 1.57. The van der Waals surface area contributed by atoms with Crippen LogP contribution in [-0.4, -0.2) is 13.7 Å². The van der Waals surface area contributed by atoms with Crippen molar-refractivity contribution in [2.24, 2.45) is 0 Å². The first-order valence-corrected chi connectivity index (χ1v) is 5.68. The molecule has 88 valence electrons. The fourth-order valence-corrected chi connectivity index (χ4v) is 2.38. The van der Waals surface area contributed by atoms with Crippen LogP contribution in [0.3, 0.4) is 0 Å². The van der Waals surface area contributed by atoms with Crippen molar-refractivity contribution in [3.8, 4) is 0 Å². The van der Waals surface area contributed by atoms with Gasteiger partial charge in [-0.1, -0.05) is 6.07 Å². The molecule has 0 aliphatic carbocycles. The van der Waals surface area contributed by atoms with Gasteiger partial charge in [0.05, 0.1) is 6.61 Å². The molecule has 1 saturated heterocycles. The molecule has 1 aromatic carbocycles. The Bertz CT molecular complexity index is 372. The Morgan fingerprint density at radius 1 is 1.50 bits per heavy atom. The van der Waals surface area contributed by atoms with E-state index in [1.165, 1.54) is 6.07 Å². The zero-order valence-corrected chi connectivity index (χ0v) is 9.85. The third-order valence-electron chi connectivity index (χ3n) is 3.30. The number of benzene rings is 1. The highest BCUT2D eigenvalue weighted by Crippen LogP contribution is 2.32. The summed E-state index contributed by atoms with van der Waals surface area (Å²) in [6.45, 7) is 3.56. The van der Waals surface area contributed by atoms with E-state index in [2.05, 4.69) is 12.2 Å². The average molecular weight is 223 g/mol. The summed E-state index contributed by atoms with van der Waals surface area (Å²) < 4.78 is 18.9. The Labute approximate surface area is 95.8 Å². The van der Waals surface area contributed by atoms with Crippen molar-refractivity contribution in [3.05, 3.63) is 35.1 Å². The fraction of sp³-hybridized carbons (Fsp3) is 0.538. The van der Waals surface area contributed by atoms with Crippen molar-refractivity contribution in [2.75, 3.05) is 13.7 Å². The Kier molecular flexibility index (Phi) is 3.26. The molecule has 0 spiro atoms. The van der Waals surface area contributed by atoms with Crippen LogP contribution in [0.5, 0.6) is 0 Å². The standard InChI is InChI=1S/C13H18FNO/c1-13(6-3-7-15-13)11-8-10(9-16-2)4-5-12(11)14/h4-5,8,15H,3,6-7,9H2,1-2H3.